The van der Waals surface area contributed by atoms with Crippen molar-refractivity contribution in [3.63, 3.8) is 0 Å². The molecule has 3 aliphatic rings. The molecule has 0 spiro atoms. The van der Waals surface area contributed by atoms with Crippen molar-refractivity contribution in [3.05, 3.63) is 35.4 Å². The van der Waals surface area contributed by atoms with Gasteiger partial charge in [-0.2, -0.15) is 0 Å². The van der Waals surface area contributed by atoms with Crippen LogP contribution in [0.1, 0.15) is 18.1 Å². The second-order valence-corrected chi connectivity index (χ2v) is 6.26. The SMILES string of the molecule is CCNC(Cc1ccc(C)cc1)C1CN2CCN1CC2. The molecule has 0 aromatic heterocycles. The molecule has 3 saturated heterocycles. The molecule has 0 radical (unpaired) electrons. The van der Waals surface area contributed by atoms with E-state index in [1.54, 1.807) is 0 Å². The van der Waals surface area contributed by atoms with E-state index >= 15 is 0 Å². The number of fused-ring (bicyclic) bond motifs is 3. The predicted octanol–water partition coefficient (Wildman–Crippen LogP) is 1.52. The normalized spacial score (nSPS) is 30.4. The molecule has 2 unspecified atom stereocenters. The molecule has 3 heteroatoms. The molecule has 20 heavy (non-hydrogen) atoms. The molecule has 2 atom stereocenters. The van der Waals surface area contributed by atoms with Crippen LogP contribution in [-0.2, 0) is 6.42 Å². The Bertz CT molecular complexity index is 420. The summed E-state index contributed by atoms with van der Waals surface area (Å²) in [6.45, 7) is 11.7. The number of benzene rings is 1. The molecule has 1 aromatic carbocycles. The van der Waals surface area contributed by atoms with Crippen molar-refractivity contribution in [3.8, 4) is 0 Å². The first kappa shape index (κ1) is 14.1. The first-order chi connectivity index (χ1) is 9.76. The molecule has 3 aliphatic heterocycles. The highest BCUT2D eigenvalue weighted by Gasteiger charge is 2.36. The monoisotopic (exact) mass is 273 g/mol. The molecule has 3 fully saturated rings. The summed E-state index contributed by atoms with van der Waals surface area (Å²) in [5.41, 5.74) is 2.81. The summed E-state index contributed by atoms with van der Waals surface area (Å²) in [6, 6.07) is 10.3. The number of rotatable bonds is 5. The van der Waals surface area contributed by atoms with Crippen molar-refractivity contribution in [2.75, 3.05) is 39.3 Å². The van der Waals surface area contributed by atoms with Gasteiger partial charge >= 0.3 is 0 Å². The fourth-order valence-corrected chi connectivity index (χ4v) is 3.62. The lowest BCUT2D eigenvalue weighted by Gasteiger charge is -2.50. The fourth-order valence-electron chi connectivity index (χ4n) is 3.62. The van der Waals surface area contributed by atoms with Crippen molar-refractivity contribution in [2.45, 2.75) is 32.4 Å². The van der Waals surface area contributed by atoms with Gasteiger partial charge in [-0.3, -0.25) is 9.80 Å². The van der Waals surface area contributed by atoms with Gasteiger partial charge in [-0.1, -0.05) is 36.8 Å². The average Bonchev–Trinajstić information content (AvgIpc) is 2.50. The molecule has 0 aliphatic carbocycles. The highest BCUT2D eigenvalue weighted by atomic mass is 15.4. The maximum absolute atomic E-state index is 3.73. The molecule has 0 saturated carbocycles. The number of hydrogen-bond donors (Lipinski definition) is 1. The zero-order valence-electron chi connectivity index (χ0n) is 12.8. The van der Waals surface area contributed by atoms with Gasteiger partial charge < -0.3 is 5.32 Å². The average molecular weight is 273 g/mol. The molecule has 110 valence electrons. The molecule has 3 nitrogen and oxygen atoms in total. The molecular weight excluding hydrogens is 246 g/mol. The molecule has 1 aromatic rings. The van der Waals surface area contributed by atoms with E-state index in [1.165, 1.54) is 43.9 Å². The van der Waals surface area contributed by atoms with E-state index in [4.69, 9.17) is 0 Å². The van der Waals surface area contributed by atoms with Gasteiger partial charge in [-0.25, -0.2) is 0 Å². The van der Waals surface area contributed by atoms with Crippen LogP contribution in [0.25, 0.3) is 0 Å². The third-order valence-corrected chi connectivity index (χ3v) is 4.83. The van der Waals surface area contributed by atoms with Gasteiger partial charge in [0.1, 0.15) is 0 Å². The summed E-state index contributed by atoms with van der Waals surface area (Å²) in [7, 11) is 0. The van der Waals surface area contributed by atoms with Crippen molar-refractivity contribution in [1.29, 1.82) is 0 Å². The zero-order chi connectivity index (χ0) is 13.9. The summed E-state index contributed by atoms with van der Waals surface area (Å²) < 4.78 is 0. The number of hydrogen-bond acceptors (Lipinski definition) is 3. The number of nitrogens with zero attached hydrogens (tertiary/aromatic N) is 2. The smallest absolute Gasteiger partial charge is 0.0380 e. The van der Waals surface area contributed by atoms with Gasteiger partial charge in [-0.05, 0) is 25.5 Å². The van der Waals surface area contributed by atoms with Crippen molar-refractivity contribution < 1.29 is 0 Å². The van der Waals surface area contributed by atoms with Crippen LogP contribution in [0.15, 0.2) is 24.3 Å². The maximum atomic E-state index is 3.73. The van der Waals surface area contributed by atoms with Crippen molar-refractivity contribution in [1.82, 2.24) is 15.1 Å². The Morgan fingerprint density at radius 1 is 1.15 bits per heavy atom. The summed E-state index contributed by atoms with van der Waals surface area (Å²) in [4.78, 5) is 5.33. The minimum Gasteiger partial charge on any atom is -0.312 e. The van der Waals surface area contributed by atoms with E-state index in [0.717, 1.165) is 13.0 Å². The summed E-state index contributed by atoms with van der Waals surface area (Å²) in [6.07, 6.45) is 1.14. The summed E-state index contributed by atoms with van der Waals surface area (Å²) in [5, 5.41) is 3.73. The van der Waals surface area contributed by atoms with Crippen LogP contribution in [0.4, 0.5) is 0 Å². The maximum Gasteiger partial charge on any atom is 0.0380 e. The van der Waals surface area contributed by atoms with Gasteiger partial charge in [0.05, 0.1) is 0 Å². The van der Waals surface area contributed by atoms with Crippen LogP contribution in [0.2, 0.25) is 0 Å². The van der Waals surface area contributed by atoms with Gasteiger partial charge in [0, 0.05) is 44.8 Å². The third kappa shape index (κ3) is 3.05. The van der Waals surface area contributed by atoms with Gasteiger partial charge in [0.25, 0.3) is 0 Å². The Hall–Kier alpha value is -0.900. The standard InChI is InChI=1S/C17H27N3/c1-3-18-16(12-15-6-4-14(2)5-7-15)17-13-19-8-10-20(17)11-9-19/h4-7,16-18H,3,8-13H2,1-2H3. The molecule has 2 bridgehead atoms. The van der Waals surface area contributed by atoms with E-state index < -0.39 is 0 Å². The van der Waals surface area contributed by atoms with Crippen LogP contribution in [-0.4, -0.2) is 61.2 Å². The lowest BCUT2D eigenvalue weighted by Crippen LogP contribution is -2.66. The van der Waals surface area contributed by atoms with Crippen molar-refractivity contribution in [2.24, 2.45) is 0 Å². The molecule has 4 rings (SSSR count). The molecular formula is C17H27N3. The summed E-state index contributed by atoms with van der Waals surface area (Å²) >= 11 is 0. The van der Waals surface area contributed by atoms with Gasteiger partial charge in [-0.15, -0.1) is 0 Å². The van der Waals surface area contributed by atoms with Crippen LogP contribution >= 0.6 is 0 Å². The van der Waals surface area contributed by atoms with E-state index in [1.807, 2.05) is 0 Å². The van der Waals surface area contributed by atoms with Gasteiger partial charge in [0.2, 0.25) is 0 Å². The van der Waals surface area contributed by atoms with E-state index in [9.17, 15) is 0 Å². The number of nitrogens with one attached hydrogen (secondary N) is 1. The Balaban J connectivity index is 1.70. The first-order valence-corrected chi connectivity index (χ1v) is 8.01. The molecule has 1 N–H and O–H groups in total. The molecule has 0 amide bonds. The third-order valence-electron chi connectivity index (χ3n) is 4.83. The fraction of sp³-hybridized carbons (Fsp3) is 0.647. The Kier molecular flexibility index (Phi) is 4.39. The lowest BCUT2D eigenvalue weighted by atomic mass is 9.94. The quantitative estimate of drug-likeness (QED) is 0.877. The van der Waals surface area contributed by atoms with Crippen molar-refractivity contribution >= 4 is 0 Å². The predicted molar refractivity (Wildman–Crippen MR) is 84.1 cm³/mol. The molecule has 3 heterocycles. The number of aryl methyl sites for hydroxylation is 1. The van der Waals surface area contributed by atoms with E-state index in [0.29, 0.717) is 12.1 Å². The Morgan fingerprint density at radius 2 is 1.85 bits per heavy atom. The number of likely N-dealkylation sites (N-methyl/N-ethyl adjacent to an activating group) is 1. The largest absolute Gasteiger partial charge is 0.312 e. The van der Waals surface area contributed by atoms with Crippen LogP contribution in [0.5, 0.6) is 0 Å². The van der Waals surface area contributed by atoms with Crippen LogP contribution < -0.4 is 5.32 Å². The minimum absolute atomic E-state index is 0.575. The second-order valence-electron chi connectivity index (χ2n) is 6.26. The topological polar surface area (TPSA) is 18.5 Å². The Morgan fingerprint density at radius 3 is 2.40 bits per heavy atom. The van der Waals surface area contributed by atoms with E-state index in [-0.39, 0.29) is 0 Å². The van der Waals surface area contributed by atoms with Gasteiger partial charge in [0.15, 0.2) is 0 Å². The van der Waals surface area contributed by atoms with Crippen LogP contribution in [0.3, 0.4) is 0 Å². The summed E-state index contributed by atoms with van der Waals surface area (Å²) in [5.74, 6) is 0. The van der Waals surface area contributed by atoms with E-state index in [2.05, 4.69) is 53.2 Å². The van der Waals surface area contributed by atoms with Crippen LogP contribution in [0, 0.1) is 6.92 Å². The second kappa shape index (κ2) is 6.25. The highest BCUT2D eigenvalue weighted by molar-refractivity contribution is 5.22. The minimum atomic E-state index is 0.575. The number of piperazine rings is 3. The zero-order valence-corrected chi connectivity index (χ0v) is 12.8. The Labute approximate surface area is 123 Å². The first-order valence-electron chi connectivity index (χ1n) is 8.01. The lowest BCUT2D eigenvalue weighted by molar-refractivity contribution is -0.00288. The highest BCUT2D eigenvalue weighted by Crippen LogP contribution is 2.20.